The number of rotatable bonds is 3. The third kappa shape index (κ3) is 2.20. The number of hydrogen-bond acceptors (Lipinski definition) is 4. The Morgan fingerprint density at radius 2 is 2.23 bits per heavy atom. The lowest BCUT2D eigenvalue weighted by Crippen LogP contribution is -2.37. The Morgan fingerprint density at radius 1 is 1.32 bits per heavy atom. The van der Waals surface area contributed by atoms with Crippen molar-refractivity contribution in [3.63, 3.8) is 0 Å². The van der Waals surface area contributed by atoms with Gasteiger partial charge in [0, 0.05) is 51.2 Å². The molecule has 0 saturated carbocycles. The van der Waals surface area contributed by atoms with E-state index < -0.39 is 0 Å². The molecule has 2 aliphatic heterocycles. The Labute approximate surface area is 129 Å². The summed E-state index contributed by atoms with van der Waals surface area (Å²) in [5, 5.41) is 4.20. The number of carbonyl (C=O) groups is 1. The largest absolute Gasteiger partial charge is 0.305 e. The van der Waals surface area contributed by atoms with Crippen molar-refractivity contribution >= 4 is 11.6 Å². The maximum Gasteiger partial charge on any atom is 0.229 e. The smallest absolute Gasteiger partial charge is 0.229 e. The summed E-state index contributed by atoms with van der Waals surface area (Å²) in [5.74, 6) is 0.207. The van der Waals surface area contributed by atoms with Crippen molar-refractivity contribution in [2.24, 2.45) is 7.05 Å². The number of carbonyl (C=O) groups excluding carboxylic acids is 1. The van der Waals surface area contributed by atoms with Crippen molar-refractivity contribution in [1.29, 1.82) is 0 Å². The van der Waals surface area contributed by atoms with Crippen LogP contribution in [0.2, 0.25) is 0 Å². The minimum atomic E-state index is 0.207. The summed E-state index contributed by atoms with van der Waals surface area (Å²) in [5.41, 5.74) is 2.12. The minimum absolute atomic E-state index is 0.207. The van der Waals surface area contributed by atoms with Gasteiger partial charge in [0.2, 0.25) is 5.91 Å². The molecular formula is C16H19N5O. The third-order valence-corrected chi connectivity index (χ3v) is 4.69. The fourth-order valence-electron chi connectivity index (χ4n) is 3.72. The number of hydrogen-bond donors (Lipinski definition) is 0. The Kier molecular flexibility index (Phi) is 3.18. The van der Waals surface area contributed by atoms with Gasteiger partial charge in [0.15, 0.2) is 0 Å². The molecule has 1 amide bonds. The van der Waals surface area contributed by atoms with Crippen molar-refractivity contribution in [3.8, 4) is 0 Å². The van der Waals surface area contributed by atoms with Crippen molar-refractivity contribution < 1.29 is 4.79 Å². The van der Waals surface area contributed by atoms with Crippen LogP contribution in [0.15, 0.2) is 36.9 Å². The van der Waals surface area contributed by atoms with E-state index in [1.165, 1.54) is 5.56 Å². The summed E-state index contributed by atoms with van der Waals surface area (Å²) < 4.78 is 1.75. The molecule has 4 heterocycles. The van der Waals surface area contributed by atoms with Crippen LogP contribution in [-0.2, 0) is 18.4 Å². The minimum Gasteiger partial charge on any atom is -0.305 e. The lowest BCUT2D eigenvalue weighted by molar-refractivity contribution is -0.117. The van der Waals surface area contributed by atoms with Crippen LogP contribution >= 0.6 is 0 Å². The van der Waals surface area contributed by atoms with Gasteiger partial charge in [-0.3, -0.25) is 19.4 Å². The maximum absolute atomic E-state index is 12.4. The highest BCUT2D eigenvalue weighted by Crippen LogP contribution is 2.36. The number of likely N-dealkylation sites (tertiary alicyclic amines) is 1. The highest BCUT2D eigenvalue weighted by molar-refractivity contribution is 5.97. The van der Waals surface area contributed by atoms with E-state index in [2.05, 4.69) is 21.0 Å². The van der Waals surface area contributed by atoms with Crippen LogP contribution in [0.5, 0.6) is 0 Å². The standard InChI is InChI=1S/C16H19N5O/c1-19-11-13(9-18-19)21-14-4-6-20(15(14)7-16(21)22)10-12-3-2-5-17-8-12/h2-3,5,8-9,11,14-15H,4,6-7,10H2,1H3. The van der Waals surface area contributed by atoms with Crippen molar-refractivity contribution in [3.05, 3.63) is 42.5 Å². The molecule has 0 aliphatic carbocycles. The quantitative estimate of drug-likeness (QED) is 0.854. The van der Waals surface area contributed by atoms with Gasteiger partial charge in [-0.05, 0) is 18.1 Å². The molecule has 2 saturated heterocycles. The summed E-state index contributed by atoms with van der Waals surface area (Å²) in [6.45, 7) is 1.89. The molecule has 0 N–H and O–H groups in total. The Hall–Kier alpha value is -2.21. The number of anilines is 1. The molecule has 2 aromatic rings. The van der Waals surface area contributed by atoms with Crippen LogP contribution in [0, 0.1) is 0 Å². The molecule has 0 radical (unpaired) electrons. The fraction of sp³-hybridized carbons (Fsp3) is 0.438. The second-order valence-corrected chi connectivity index (χ2v) is 6.10. The number of aromatic nitrogens is 3. The van der Waals surface area contributed by atoms with Gasteiger partial charge in [-0.2, -0.15) is 5.10 Å². The number of amides is 1. The SMILES string of the molecule is Cn1cc(N2C(=O)CC3C2CCN3Cc2cccnc2)cn1. The van der Waals surface area contributed by atoms with E-state index in [4.69, 9.17) is 0 Å². The predicted molar refractivity (Wildman–Crippen MR) is 82.2 cm³/mol. The van der Waals surface area contributed by atoms with Gasteiger partial charge in [0.05, 0.1) is 17.9 Å². The third-order valence-electron chi connectivity index (χ3n) is 4.69. The molecular weight excluding hydrogens is 278 g/mol. The monoisotopic (exact) mass is 297 g/mol. The first-order chi connectivity index (χ1) is 10.7. The van der Waals surface area contributed by atoms with Crippen LogP contribution in [0.4, 0.5) is 5.69 Å². The molecule has 2 aliphatic rings. The van der Waals surface area contributed by atoms with Crippen LogP contribution in [-0.4, -0.2) is 44.2 Å². The zero-order valence-electron chi connectivity index (χ0n) is 12.6. The molecule has 0 bridgehead atoms. The van der Waals surface area contributed by atoms with E-state index in [0.717, 1.165) is 25.2 Å². The number of nitrogens with zero attached hydrogens (tertiary/aromatic N) is 5. The van der Waals surface area contributed by atoms with Gasteiger partial charge in [0.1, 0.15) is 0 Å². The van der Waals surface area contributed by atoms with Gasteiger partial charge in [-0.15, -0.1) is 0 Å². The Morgan fingerprint density at radius 3 is 2.95 bits per heavy atom. The molecule has 6 nitrogen and oxygen atoms in total. The lowest BCUT2D eigenvalue weighted by Gasteiger charge is -2.24. The Bertz CT molecular complexity index is 683. The molecule has 2 unspecified atom stereocenters. The van der Waals surface area contributed by atoms with E-state index in [0.29, 0.717) is 12.5 Å². The normalized spacial score (nSPS) is 25.0. The zero-order chi connectivity index (χ0) is 15.1. The van der Waals surface area contributed by atoms with Crippen molar-refractivity contribution in [2.45, 2.75) is 31.5 Å². The molecule has 4 rings (SSSR count). The lowest BCUT2D eigenvalue weighted by atomic mass is 10.1. The van der Waals surface area contributed by atoms with Crippen LogP contribution in [0.1, 0.15) is 18.4 Å². The van der Waals surface area contributed by atoms with Gasteiger partial charge >= 0.3 is 0 Å². The van der Waals surface area contributed by atoms with Gasteiger partial charge < -0.3 is 4.90 Å². The number of pyridine rings is 1. The molecule has 0 spiro atoms. The van der Waals surface area contributed by atoms with Crippen LogP contribution in [0.3, 0.4) is 0 Å². The van der Waals surface area contributed by atoms with Crippen molar-refractivity contribution in [2.75, 3.05) is 11.4 Å². The second-order valence-electron chi connectivity index (χ2n) is 6.10. The van der Waals surface area contributed by atoms with E-state index in [1.807, 2.05) is 30.4 Å². The average Bonchev–Trinajstić information content (AvgIpc) is 3.17. The first kappa shape index (κ1) is 13.5. The highest BCUT2D eigenvalue weighted by Gasteiger charge is 2.47. The zero-order valence-corrected chi connectivity index (χ0v) is 12.6. The molecule has 0 aromatic carbocycles. The molecule has 22 heavy (non-hydrogen) atoms. The number of fused-ring (bicyclic) bond motifs is 1. The molecule has 2 aromatic heterocycles. The van der Waals surface area contributed by atoms with Gasteiger partial charge in [0.25, 0.3) is 0 Å². The second kappa shape index (κ2) is 5.21. The topological polar surface area (TPSA) is 54.3 Å². The summed E-state index contributed by atoms with van der Waals surface area (Å²) in [6.07, 6.45) is 9.02. The van der Waals surface area contributed by atoms with Crippen molar-refractivity contribution in [1.82, 2.24) is 19.7 Å². The first-order valence-electron chi connectivity index (χ1n) is 7.66. The predicted octanol–water partition coefficient (Wildman–Crippen LogP) is 1.19. The average molecular weight is 297 g/mol. The summed E-state index contributed by atoms with van der Waals surface area (Å²) in [6, 6.07) is 4.63. The van der Waals surface area contributed by atoms with E-state index in [1.54, 1.807) is 17.1 Å². The van der Waals surface area contributed by atoms with Crippen LogP contribution < -0.4 is 4.90 Å². The van der Waals surface area contributed by atoms with Gasteiger partial charge in [-0.1, -0.05) is 6.07 Å². The van der Waals surface area contributed by atoms with E-state index in [-0.39, 0.29) is 11.9 Å². The highest BCUT2D eigenvalue weighted by atomic mass is 16.2. The molecule has 6 heteroatoms. The molecule has 114 valence electrons. The summed E-state index contributed by atoms with van der Waals surface area (Å²) >= 11 is 0. The fourth-order valence-corrected chi connectivity index (χ4v) is 3.72. The van der Waals surface area contributed by atoms with Gasteiger partial charge in [-0.25, -0.2) is 0 Å². The van der Waals surface area contributed by atoms with Crippen LogP contribution in [0.25, 0.3) is 0 Å². The Balaban J connectivity index is 1.54. The molecule has 2 atom stereocenters. The molecule has 2 fully saturated rings. The summed E-state index contributed by atoms with van der Waals surface area (Å²) in [4.78, 5) is 21.0. The maximum atomic E-state index is 12.4. The summed E-state index contributed by atoms with van der Waals surface area (Å²) in [7, 11) is 1.88. The van der Waals surface area contributed by atoms with E-state index >= 15 is 0 Å². The van der Waals surface area contributed by atoms with E-state index in [9.17, 15) is 4.79 Å². The first-order valence-corrected chi connectivity index (χ1v) is 7.66. The number of aryl methyl sites for hydroxylation is 1.